The summed E-state index contributed by atoms with van der Waals surface area (Å²) in [6, 6.07) is 9.96. The van der Waals surface area contributed by atoms with E-state index in [1.807, 2.05) is 0 Å². The minimum absolute atomic E-state index is 0.138. The first kappa shape index (κ1) is 14.0. The number of halogens is 3. The standard InChI is InChI=1S/C16H8F3N3/c1-2-10-4-3-5-11(8-10)12-6-7-13-14(22-12)15(16(17,18)19)21-9-20-13/h1,3-9H. The maximum atomic E-state index is 13.0. The molecule has 0 spiro atoms. The van der Waals surface area contributed by atoms with Gasteiger partial charge in [0.15, 0.2) is 5.69 Å². The zero-order valence-electron chi connectivity index (χ0n) is 11.1. The van der Waals surface area contributed by atoms with E-state index in [0.717, 1.165) is 6.33 Å². The van der Waals surface area contributed by atoms with Crippen molar-refractivity contribution in [2.45, 2.75) is 6.18 Å². The first-order valence-corrected chi connectivity index (χ1v) is 6.25. The molecule has 0 atom stereocenters. The molecule has 0 aliphatic heterocycles. The van der Waals surface area contributed by atoms with E-state index in [1.54, 1.807) is 30.3 Å². The van der Waals surface area contributed by atoms with Crippen molar-refractivity contribution in [3.8, 4) is 23.6 Å². The second-order valence-electron chi connectivity index (χ2n) is 4.51. The van der Waals surface area contributed by atoms with Crippen LogP contribution in [0, 0.1) is 12.3 Å². The molecule has 3 aromatic rings. The van der Waals surface area contributed by atoms with Crippen LogP contribution in [0.4, 0.5) is 13.2 Å². The van der Waals surface area contributed by atoms with Gasteiger partial charge in [0.25, 0.3) is 0 Å². The Morgan fingerprint density at radius 2 is 1.86 bits per heavy atom. The molecule has 6 heteroatoms. The highest BCUT2D eigenvalue weighted by Gasteiger charge is 2.35. The van der Waals surface area contributed by atoms with Crippen molar-refractivity contribution in [3.05, 3.63) is 54.0 Å². The van der Waals surface area contributed by atoms with Crippen LogP contribution in [0.25, 0.3) is 22.3 Å². The number of alkyl halides is 3. The fourth-order valence-corrected chi connectivity index (χ4v) is 2.08. The van der Waals surface area contributed by atoms with Crippen LogP contribution in [0.3, 0.4) is 0 Å². The monoisotopic (exact) mass is 299 g/mol. The van der Waals surface area contributed by atoms with Crippen LogP contribution < -0.4 is 0 Å². The number of pyridine rings is 1. The van der Waals surface area contributed by atoms with Crippen molar-refractivity contribution < 1.29 is 13.2 Å². The summed E-state index contributed by atoms with van der Waals surface area (Å²) < 4.78 is 39.0. The number of terminal acetylenes is 1. The summed E-state index contributed by atoms with van der Waals surface area (Å²) in [5.74, 6) is 2.48. The first-order valence-electron chi connectivity index (χ1n) is 6.25. The molecule has 0 unspecified atom stereocenters. The van der Waals surface area contributed by atoms with Crippen LogP contribution in [0.5, 0.6) is 0 Å². The molecule has 0 saturated carbocycles. The van der Waals surface area contributed by atoms with Gasteiger partial charge in [0, 0.05) is 11.1 Å². The fraction of sp³-hybridized carbons (Fsp3) is 0.0625. The van der Waals surface area contributed by atoms with E-state index in [1.165, 1.54) is 6.07 Å². The fourth-order valence-electron chi connectivity index (χ4n) is 2.08. The summed E-state index contributed by atoms with van der Waals surface area (Å²) in [6.45, 7) is 0. The third kappa shape index (κ3) is 2.49. The molecule has 2 heterocycles. The summed E-state index contributed by atoms with van der Waals surface area (Å²) in [7, 11) is 0. The maximum absolute atomic E-state index is 13.0. The zero-order valence-corrected chi connectivity index (χ0v) is 11.1. The van der Waals surface area contributed by atoms with E-state index >= 15 is 0 Å². The Bertz CT molecular complexity index is 895. The Kier molecular flexibility index (Phi) is 3.26. The van der Waals surface area contributed by atoms with Gasteiger partial charge in [-0.1, -0.05) is 18.1 Å². The molecule has 2 aromatic heterocycles. The summed E-state index contributed by atoms with van der Waals surface area (Å²) in [5.41, 5.74) is 0.448. The average Bonchev–Trinajstić information content (AvgIpc) is 2.53. The van der Waals surface area contributed by atoms with Crippen molar-refractivity contribution in [1.29, 1.82) is 0 Å². The second kappa shape index (κ2) is 5.11. The van der Waals surface area contributed by atoms with Crippen LogP contribution in [0.15, 0.2) is 42.7 Å². The number of fused-ring (bicyclic) bond motifs is 1. The van der Waals surface area contributed by atoms with Gasteiger partial charge in [-0.25, -0.2) is 15.0 Å². The average molecular weight is 299 g/mol. The van der Waals surface area contributed by atoms with E-state index in [9.17, 15) is 13.2 Å². The first-order chi connectivity index (χ1) is 10.5. The largest absolute Gasteiger partial charge is 0.435 e. The molecule has 3 rings (SSSR count). The lowest BCUT2D eigenvalue weighted by atomic mass is 10.1. The van der Waals surface area contributed by atoms with Gasteiger partial charge in [0.1, 0.15) is 11.8 Å². The van der Waals surface area contributed by atoms with Crippen LogP contribution in [0.2, 0.25) is 0 Å². The van der Waals surface area contributed by atoms with Gasteiger partial charge in [0.05, 0.1) is 11.2 Å². The van der Waals surface area contributed by atoms with Gasteiger partial charge >= 0.3 is 6.18 Å². The van der Waals surface area contributed by atoms with E-state index in [4.69, 9.17) is 6.42 Å². The molecule has 108 valence electrons. The molecule has 0 N–H and O–H groups in total. The summed E-state index contributed by atoms with van der Waals surface area (Å²) >= 11 is 0. The van der Waals surface area contributed by atoms with Crippen molar-refractivity contribution in [2.75, 3.05) is 0 Å². The summed E-state index contributed by atoms with van der Waals surface area (Å²) in [4.78, 5) is 11.2. The van der Waals surface area contributed by atoms with Crippen molar-refractivity contribution in [2.24, 2.45) is 0 Å². The van der Waals surface area contributed by atoms with Crippen LogP contribution >= 0.6 is 0 Å². The molecule has 0 fully saturated rings. The van der Waals surface area contributed by atoms with Gasteiger partial charge in [0.2, 0.25) is 0 Å². The smallest absolute Gasteiger partial charge is 0.244 e. The van der Waals surface area contributed by atoms with Crippen LogP contribution in [-0.2, 0) is 6.18 Å². The van der Waals surface area contributed by atoms with E-state index in [2.05, 4.69) is 20.9 Å². The molecule has 22 heavy (non-hydrogen) atoms. The molecule has 0 aliphatic carbocycles. The van der Waals surface area contributed by atoms with Gasteiger partial charge < -0.3 is 0 Å². The number of benzene rings is 1. The topological polar surface area (TPSA) is 38.7 Å². The Hall–Kier alpha value is -2.94. The predicted octanol–water partition coefficient (Wildman–Crippen LogP) is 3.69. The highest BCUT2D eigenvalue weighted by molar-refractivity contribution is 5.80. The quantitative estimate of drug-likeness (QED) is 0.643. The molecule has 3 nitrogen and oxygen atoms in total. The Labute approximate surface area is 123 Å². The van der Waals surface area contributed by atoms with Crippen molar-refractivity contribution in [1.82, 2.24) is 15.0 Å². The lowest BCUT2D eigenvalue weighted by Crippen LogP contribution is -2.10. The van der Waals surface area contributed by atoms with E-state index < -0.39 is 11.9 Å². The highest BCUT2D eigenvalue weighted by Crippen LogP contribution is 2.32. The van der Waals surface area contributed by atoms with Gasteiger partial charge in [-0.15, -0.1) is 6.42 Å². The lowest BCUT2D eigenvalue weighted by Gasteiger charge is -2.09. The van der Waals surface area contributed by atoms with Gasteiger partial charge in [-0.3, -0.25) is 0 Å². The third-order valence-electron chi connectivity index (χ3n) is 3.08. The second-order valence-corrected chi connectivity index (χ2v) is 4.51. The highest BCUT2D eigenvalue weighted by atomic mass is 19.4. The van der Waals surface area contributed by atoms with E-state index in [0.29, 0.717) is 16.8 Å². The number of rotatable bonds is 1. The SMILES string of the molecule is C#Cc1cccc(-c2ccc3ncnc(C(F)(F)F)c3n2)c1. The predicted molar refractivity (Wildman–Crippen MR) is 75.7 cm³/mol. The molecule has 0 amide bonds. The molecule has 0 saturated heterocycles. The molecule has 0 aliphatic rings. The molecule has 0 radical (unpaired) electrons. The minimum atomic E-state index is -4.59. The van der Waals surface area contributed by atoms with E-state index in [-0.39, 0.29) is 11.0 Å². The maximum Gasteiger partial charge on any atom is 0.435 e. The van der Waals surface area contributed by atoms with Gasteiger partial charge in [-0.2, -0.15) is 13.2 Å². The number of hydrogen-bond donors (Lipinski definition) is 0. The third-order valence-corrected chi connectivity index (χ3v) is 3.08. The number of hydrogen-bond acceptors (Lipinski definition) is 3. The van der Waals surface area contributed by atoms with Crippen LogP contribution in [0.1, 0.15) is 11.3 Å². The Morgan fingerprint density at radius 3 is 2.59 bits per heavy atom. The molecular formula is C16H8F3N3. The minimum Gasteiger partial charge on any atom is -0.244 e. The molecule has 1 aromatic carbocycles. The van der Waals surface area contributed by atoms with Gasteiger partial charge in [-0.05, 0) is 24.3 Å². The van der Waals surface area contributed by atoms with Crippen molar-refractivity contribution >= 4 is 11.0 Å². The molecule has 0 bridgehead atoms. The lowest BCUT2D eigenvalue weighted by molar-refractivity contribution is -0.140. The summed E-state index contributed by atoms with van der Waals surface area (Å²) in [5, 5.41) is 0. The molecular weight excluding hydrogens is 291 g/mol. The Balaban J connectivity index is 2.23. The number of nitrogens with zero attached hydrogens (tertiary/aromatic N) is 3. The Morgan fingerprint density at radius 1 is 1.05 bits per heavy atom. The number of aromatic nitrogens is 3. The summed E-state index contributed by atoms with van der Waals surface area (Å²) in [6.07, 6.45) is 1.62. The van der Waals surface area contributed by atoms with Crippen molar-refractivity contribution in [3.63, 3.8) is 0 Å². The zero-order chi connectivity index (χ0) is 15.7. The normalized spacial score (nSPS) is 11.4. The van der Waals surface area contributed by atoms with Crippen LogP contribution in [-0.4, -0.2) is 15.0 Å².